The van der Waals surface area contributed by atoms with Crippen molar-refractivity contribution in [3.05, 3.63) is 36.9 Å². The molecule has 30 heavy (non-hydrogen) atoms. The van der Waals surface area contributed by atoms with E-state index in [1.807, 2.05) is 36.9 Å². The molecule has 9 heteroatoms. The Morgan fingerprint density at radius 3 is 1.97 bits per heavy atom. The van der Waals surface area contributed by atoms with E-state index in [0.717, 1.165) is 24.6 Å². The molecule has 0 radical (unpaired) electrons. The zero-order chi connectivity index (χ0) is 23.2. The Balaban J connectivity index is 0.000000768. The molecule has 0 unspecified atom stereocenters. The number of rotatable bonds is 5. The monoisotopic (exact) mass is 536 g/mol. The van der Waals surface area contributed by atoms with Crippen LogP contribution in [-0.2, 0) is 16.1 Å². The molecule has 2 rings (SSSR count). The summed E-state index contributed by atoms with van der Waals surface area (Å²) in [6, 6.07) is 10.1. The second-order valence-electron chi connectivity index (χ2n) is 8.43. The van der Waals surface area contributed by atoms with Crippen LogP contribution in [0.25, 0.3) is 0 Å². The Labute approximate surface area is 202 Å². The van der Waals surface area contributed by atoms with Crippen molar-refractivity contribution in [3.8, 4) is 0 Å². The van der Waals surface area contributed by atoms with E-state index in [2.05, 4.69) is 64.1 Å². The van der Waals surface area contributed by atoms with Crippen LogP contribution in [0.15, 0.2) is 35.4 Å². The molecule has 0 spiro atoms. The van der Waals surface area contributed by atoms with Gasteiger partial charge >= 0.3 is 41.5 Å². The van der Waals surface area contributed by atoms with E-state index < -0.39 is 19.5 Å². The summed E-state index contributed by atoms with van der Waals surface area (Å²) in [5, 5.41) is 8.40. The van der Waals surface area contributed by atoms with Gasteiger partial charge in [0.05, 0.1) is 25.1 Å². The Bertz CT molecular complexity index is 562. The van der Waals surface area contributed by atoms with Gasteiger partial charge in [-0.3, -0.25) is 5.43 Å². The Kier molecular flexibility index (Phi) is 17.0. The second-order valence-corrected chi connectivity index (χ2v) is 18.2. The van der Waals surface area contributed by atoms with Crippen LogP contribution in [0.4, 0.5) is 5.69 Å². The summed E-state index contributed by atoms with van der Waals surface area (Å²) in [4.78, 5) is 0. The molecule has 0 bridgehead atoms. The maximum atomic E-state index is 4.93. The van der Waals surface area contributed by atoms with Gasteiger partial charge in [-0.25, -0.2) is 11.7 Å². The molecule has 4 nitrogen and oxygen atoms in total. The van der Waals surface area contributed by atoms with Gasteiger partial charge in [-0.05, 0) is 39.8 Å². The number of amidine groups is 1. The minimum absolute atomic E-state index is 0.00147. The fourth-order valence-corrected chi connectivity index (χ4v) is 5.14. The fourth-order valence-electron chi connectivity index (χ4n) is 2.53. The molecule has 1 aromatic carbocycles. The number of hydrazone groups is 1. The van der Waals surface area contributed by atoms with Crippen LogP contribution >= 0.6 is 38.2 Å². The molecule has 1 aromatic rings. The molecule has 0 saturated carbocycles. The molecule has 0 aromatic heterocycles. The first-order valence-electron chi connectivity index (χ1n) is 10.1. The molecule has 2 N–H and O–H groups in total. The number of ether oxygens (including phenoxy) is 1. The van der Waals surface area contributed by atoms with Crippen molar-refractivity contribution in [1.29, 1.82) is 0 Å². The average molecular weight is 538 g/mol. The van der Waals surface area contributed by atoms with E-state index in [-0.39, 0.29) is 5.41 Å². The van der Waals surface area contributed by atoms with Crippen LogP contribution in [-0.4, -0.2) is 23.8 Å². The van der Waals surface area contributed by atoms with E-state index in [1.54, 1.807) is 0 Å². The number of para-hydroxylation sites is 1. The first-order chi connectivity index (χ1) is 13.9. The van der Waals surface area contributed by atoms with Gasteiger partial charge in [-0.15, -0.1) is 0 Å². The van der Waals surface area contributed by atoms with Crippen LogP contribution in [0.3, 0.4) is 0 Å². The molecule has 1 saturated heterocycles. The number of anilines is 1. The molecule has 1 heterocycles. The van der Waals surface area contributed by atoms with Crippen molar-refractivity contribution in [2.45, 2.75) is 72.6 Å². The van der Waals surface area contributed by atoms with Crippen molar-refractivity contribution in [2.75, 3.05) is 12.0 Å². The number of nitrogens with one attached hydrogen (secondary N) is 2. The summed E-state index contributed by atoms with van der Waals surface area (Å²) in [6.45, 7) is 18.6. The average Bonchev–Trinajstić information content (AvgIpc) is 3.20. The Morgan fingerprint density at radius 2 is 1.63 bits per heavy atom. The van der Waals surface area contributed by atoms with Crippen LogP contribution < -0.4 is 10.5 Å². The van der Waals surface area contributed by atoms with Gasteiger partial charge in [0.15, 0.2) is 5.84 Å². The van der Waals surface area contributed by atoms with E-state index in [4.69, 9.17) is 34.9 Å². The van der Waals surface area contributed by atoms with Crippen molar-refractivity contribution >= 4 is 49.7 Å². The SMILES string of the molecule is CC(C)[PH+](NC(=NNc1ccccc1)C(C)(C)C)C(C)C.[CH-]1CCCO1.[Cl][Cr+]([Cl])[Cl]. The van der Waals surface area contributed by atoms with Gasteiger partial charge in [-0.1, -0.05) is 45.4 Å². The molecule has 0 aliphatic carbocycles. The molecule has 1 aliphatic rings. The van der Waals surface area contributed by atoms with Gasteiger partial charge in [0, 0.05) is 12.0 Å². The predicted octanol–water partition coefficient (Wildman–Crippen LogP) is 8.02. The first kappa shape index (κ1) is 30.3. The zero-order valence-electron chi connectivity index (χ0n) is 19.1. The molecule has 174 valence electrons. The van der Waals surface area contributed by atoms with E-state index >= 15 is 0 Å². The quantitative estimate of drug-likeness (QED) is 0.131. The maximum absolute atomic E-state index is 4.93. The number of hydrogen-bond acceptors (Lipinski definition) is 3. The molecule has 1 fully saturated rings. The topological polar surface area (TPSA) is 45.7 Å². The zero-order valence-corrected chi connectivity index (χ0v) is 23.7. The third-order valence-electron chi connectivity index (χ3n) is 3.99. The van der Waals surface area contributed by atoms with Crippen molar-refractivity contribution in [3.63, 3.8) is 0 Å². The molecule has 0 amide bonds. The molecule has 1 aliphatic heterocycles. The Hall–Kier alpha value is 0.282. The summed E-state index contributed by atoms with van der Waals surface area (Å²) in [5.41, 5.74) is 5.53. The number of nitrogens with zero attached hydrogens (tertiary/aromatic N) is 1. The van der Waals surface area contributed by atoms with E-state index in [9.17, 15) is 0 Å². The molecule has 0 atom stereocenters. The van der Waals surface area contributed by atoms with Gasteiger partial charge < -0.3 is 4.74 Å². The fraction of sp³-hybridized carbons (Fsp3) is 0.619. The van der Waals surface area contributed by atoms with Crippen molar-refractivity contribution in [2.24, 2.45) is 10.5 Å². The molecular weight excluding hydrogens is 500 g/mol. The summed E-state index contributed by atoms with van der Waals surface area (Å²) in [7, 11) is 14.1. The third kappa shape index (κ3) is 16.0. The van der Waals surface area contributed by atoms with Crippen molar-refractivity contribution in [1.82, 2.24) is 5.09 Å². The van der Waals surface area contributed by atoms with E-state index in [1.165, 1.54) is 6.42 Å². The van der Waals surface area contributed by atoms with Crippen LogP contribution in [0, 0.1) is 12.0 Å². The normalized spacial score (nSPS) is 14.4. The number of hydrogen-bond donors (Lipinski definition) is 2. The van der Waals surface area contributed by atoms with Gasteiger partial charge in [0.25, 0.3) is 0 Å². The van der Waals surface area contributed by atoms with Gasteiger partial charge in [0.2, 0.25) is 0 Å². The predicted molar refractivity (Wildman–Crippen MR) is 136 cm³/mol. The first-order valence-corrected chi connectivity index (χ1v) is 17.1. The van der Waals surface area contributed by atoms with Crippen LogP contribution in [0.1, 0.15) is 61.3 Å². The van der Waals surface area contributed by atoms with Gasteiger partial charge in [-0.2, -0.15) is 11.5 Å². The van der Waals surface area contributed by atoms with Gasteiger partial charge in [0.1, 0.15) is 0 Å². The second kappa shape index (κ2) is 16.9. The van der Waals surface area contributed by atoms with Crippen molar-refractivity contribution < 1.29 is 16.1 Å². The summed E-state index contributed by atoms with van der Waals surface area (Å²) < 4.78 is 4.82. The van der Waals surface area contributed by atoms with E-state index in [0.29, 0.717) is 11.3 Å². The standard InChI is InChI=1S/C17H30N3P.C4H7O.3ClH.Cr/c1-13(2)21(14(3)4)20-16(17(5,6)7)19-18-15-11-9-8-10-12-15;1-2-4-5-3-1;;;;/h8-14,18H,1-7H3,(H,19,20);3H,1-2,4H2;3*1H;/q;-1;;;;+4/p-2. The molecular formula is C21H38Cl3CrN3OP+. The number of halogens is 3. The third-order valence-corrected chi connectivity index (χ3v) is 7.00. The summed E-state index contributed by atoms with van der Waals surface area (Å²) >= 11 is -1.62. The minimum atomic E-state index is -1.62. The Morgan fingerprint density at radius 1 is 1.10 bits per heavy atom. The summed E-state index contributed by atoms with van der Waals surface area (Å²) in [5.74, 6) is 1.04. The number of benzene rings is 1. The van der Waals surface area contributed by atoms with Crippen LogP contribution in [0.5, 0.6) is 0 Å². The van der Waals surface area contributed by atoms with Crippen LogP contribution in [0.2, 0.25) is 0 Å². The summed E-state index contributed by atoms with van der Waals surface area (Å²) in [6.07, 6.45) is 2.38.